The Kier molecular flexibility index (Phi) is 4.57. The van der Waals surface area contributed by atoms with Crippen molar-refractivity contribution in [2.45, 2.75) is 6.54 Å². The molecule has 3 heterocycles. The first kappa shape index (κ1) is 18.0. The predicted molar refractivity (Wildman–Crippen MR) is 105 cm³/mol. The third kappa shape index (κ3) is 3.58. The van der Waals surface area contributed by atoms with Gasteiger partial charge in [0, 0.05) is 24.3 Å². The molecule has 0 saturated carbocycles. The van der Waals surface area contributed by atoms with Crippen LogP contribution >= 0.6 is 0 Å². The van der Waals surface area contributed by atoms with Crippen molar-refractivity contribution in [3.05, 3.63) is 104 Å². The minimum Gasteiger partial charge on any atom is -0.334 e. The fourth-order valence-electron chi connectivity index (χ4n) is 2.92. The Hall–Kier alpha value is -4.34. The van der Waals surface area contributed by atoms with E-state index >= 15 is 0 Å². The van der Waals surface area contributed by atoms with Crippen LogP contribution in [0.1, 0.15) is 5.56 Å². The topological polar surface area (TPSA) is 124 Å². The number of benzene rings is 1. The molecular weight excluding hydrogens is 376 g/mol. The van der Waals surface area contributed by atoms with Crippen LogP contribution in [0.5, 0.6) is 0 Å². The van der Waals surface area contributed by atoms with E-state index in [9.17, 15) is 19.7 Å². The van der Waals surface area contributed by atoms with Gasteiger partial charge < -0.3 is 5.32 Å². The van der Waals surface area contributed by atoms with Gasteiger partial charge in [-0.1, -0.05) is 18.2 Å². The van der Waals surface area contributed by atoms with Crippen LogP contribution in [-0.4, -0.2) is 23.9 Å². The summed E-state index contributed by atoms with van der Waals surface area (Å²) in [5, 5.41) is 14.3. The van der Waals surface area contributed by atoms with Crippen LogP contribution in [0.3, 0.4) is 0 Å². The number of aromatic nitrogens is 4. The highest BCUT2D eigenvalue weighted by atomic mass is 16.6. The van der Waals surface area contributed by atoms with E-state index in [2.05, 4.69) is 15.3 Å². The molecule has 144 valence electrons. The molecule has 0 aliphatic heterocycles. The number of nitro groups is 1. The van der Waals surface area contributed by atoms with Crippen molar-refractivity contribution in [1.82, 2.24) is 18.9 Å². The quantitative estimate of drug-likeness (QED) is 0.408. The summed E-state index contributed by atoms with van der Waals surface area (Å²) in [7, 11) is 0. The minimum absolute atomic E-state index is 0.151. The lowest BCUT2D eigenvalue weighted by atomic mass is 10.2. The fraction of sp³-hybridized carbons (Fsp3) is 0.0526. The number of nitrogens with one attached hydrogen (secondary N) is 1. The average molecular weight is 390 g/mol. The molecule has 3 aromatic heterocycles. The summed E-state index contributed by atoms with van der Waals surface area (Å²) in [5.74, 6) is -0.151. The summed E-state index contributed by atoms with van der Waals surface area (Å²) < 4.78 is 2.55. The Balaban J connectivity index is 1.73. The fourth-order valence-corrected chi connectivity index (χ4v) is 2.92. The molecule has 4 aromatic rings. The first-order valence-electron chi connectivity index (χ1n) is 8.56. The highest BCUT2D eigenvalue weighted by molar-refractivity contribution is 5.67. The Morgan fingerprint density at radius 3 is 2.72 bits per heavy atom. The number of hydrogen-bond donors (Lipinski definition) is 1. The van der Waals surface area contributed by atoms with Gasteiger partial charge in [-0.25, -0.2) is 14.8 Å². The zero-order chi connectivity index (χ0) is 20.4. The third-order valence-corrected chi connectivity index (χ3v) is 4.22. The molecule has 10 nitrogen and oxygen atoms in total. The third-order valence-electron chi connectivity index (χ3n) is 4.22. The lowest BCUT2D eigenvalue weighted by Gasteiger charge is -2.10. The van der Waals surface area contributed by atoms with Crippen molar-refractivity contribution < 1.29 is 4.92 Å². The van der Waals surface area contributed by atoms with Crippen molar-refractivity contribution in [3.8, 4) is 0 Å². The van der Waals surface area contributed by atoms with Crippen molar-refractivity contribution in [3.63, 3.8) is 0 Å². The maximum Gasteiger partial charge on any atom is 0.376 e. The smallest absolute Gasteiger partial charge is 0.334 e. The standard InChI is InChI=1S/C19H14N6O4/c26-18-16(25(28)29)17(22-15-7-1-2-10-24(15)18)21-14-6-3-5-13(11-14)12-23-9-4-8-20-19(23)27/h1-11,21H,12H2. The molecule has 0 unspecified atom stereocenters. The zero-order valence-corrected chi connectivity index (χ0v) is 14.9. The SMILES string of the molecule is O=c1ncccn1Cc1cccc(Nc2nc3ccccn3c(=O)c2[N+](=O)[O-])c1. The summed E-state index contributed by atoms with van der Waals surface area (Å²) >= 11 is 0. The number of pyridine rings is 1. The molecule has 0 saturated heterocycles. The molecule has 0 bridgehead atoms. The summed E-state index contributed by atoms with van der Waals surface area (Å²) in [6.45, 7) is 0.276. The molecule has 0 aliphatic rings. The molecule has 0 fully saturated rings. The van der Waals surface area contributed by atoms with Crippen molar-refractivity contribution in [2.75, 3.05) is 5.32 Å². The lowest BCUT2D eigenvalue weighted by molar-refractivity contribution is -0.385. The number of hydrogen-bond acceptors (Lipinski definition) is 7. The summed E-state index contributed by atoms with van der Waals surface area (Å²) in [5.41, 5.74) is -0.266. The Morgan fingerprint density at radius 2 is 1.93 bits per heavy atom. The van der Waals surface area contributed by atoms with Gasteiger partial charge in [-0.2, -0.15) is 0 Å². The van der Waals surface area contributed by atoms with Crippen LogP contribution < -0.4 is 16.6 Å². The summed E-state index contributed by atoms with van der Waals surface area (Å²) in [4.78, 5) is 43.0. The second kappa shape index (κ2) is 7.35. The molecule has 1 aromatic carbocycles. The molecule has 29 heavy (non-hydrogen) atoms. The van der Waals surface area contributed by atoms with Crippen LogP contribution in [-0.2, 0) is 6.54 Å². The first-order chi connectivity index (χ1) is 14.0. The van der Waals surface area contributed by atoms with Crippen LogP contribution in [0.25, 0.3) is 5.65 Å². The van der Waals surface area contributed by atoms with Gasteiger partial charge in [-0.05, 0) is 35.9 Å². The van der Waals surface area contributed by atoms with E-state index < -0.39 is 16.2 Å². The highest BCUT2D eigenvalue weighted by Crippen LogP contribution is 2.23. The molecule has 0 spiro atoms. The van der Waals surface area contributed by atoms with Crippen LogP contribution in [0.4, 0.5) is 17.2 Å². The predicted octanol–water partition coefficient (Wildman–Crippen LogP) is 1.95. The number of nitrogens with zero attached hydrogens (tertiary/aromatic N) is 5. The van der Waals surface area contributed by atoms with E-state index in [4.69, 9.17) is 0 Å². The lowest BCUT2D eigenvalue weighted by Crippen LogP contribution is -2.22. The molecule has 0 atom stereocenters. The highest BCUT2D eigenvalue weighted by Gasteiger charge is 2.23. The normalized spacial score (nSPS) is 10.8. The van der Waals surface area contributed by atoms with E-state index in [1.807, 2.05) is 6.07 Å². The van der Waals surface area contributed by atoms with Gasteiger partial charge in [0.25, 0.3) is 0 Å². The van der Waals surface area contributed by atoms with Crippen LogP contribution in [0.2, 0.25) is 0 Å². The number of rotatable bonds is 5. The van der Waals surface area contributed by atoms with E-state index in [0.29, 0.717) is 5.69 Å². The van der Waals surface area contributed by atoms with Gasteiger partial charge in [0.1, 0.15) is 5.65 Å². The maximum absolute atomic E-state index is 12.5. The van der Waals surface area contributed by atoms with Crippen LogP contribution in [0.15, 0.2) is 76.7 Å². The van der Waals surface area contributed by atoms with Crippen LogP contribution in [0, 0.1) is 10.1 Å². The first-order valence-corrected chi connectivity index (χ1v) is 8.56. The second-order valence-electron chi connectivity index (χ2n) is 6.16. The zero-order valence-electron chi connectivity index (χ0n) is 14.9. The van der Waals surface area contributed by atoms with Crippen molar-refractivity contribution >= 4 is 22.8 Å². The minimum atomic E-state index is -0.777. The van der Waals surface area contributed by atoms with Gasteiger partial charge in [-0.15, -0.1) is 0 Å². The van der Waals surface area contributed by atoms with Gasteiger partial charge in [-0.3, -0.25) is 23.9 Å². The molecule has 1 N–H and O–H groups in total. The molecule has 0 aliphatic carbocycles. The van der Waals surface area contributed by atoms with E-state index in [-0.39, 0.29) is 23.7 Å². The Morgan fingerprint density at radius 1 is 1.07 bits per heavy atom. The molecule has 4 rings (SSSR count). The molecular formula is C19H14N6O4. The van der Waals surface area contributed by atoms with Gasteiger partial charge >= 0.3 is 16.9 Å². The molecule has 10 heteroatoms. The largest absolute Gasteiger partial charge is 0.376 e. The van der Waals surface area contributed by atoms with Gasteiger partial charge in [0.05, 0.1) is 11.5 Å². The monoisotopic (exact) mass is 390 g/mol. The number of anilines is 2. The van der Waals surface area contributed by atoms with Gasteiger partial charge in [0.2, 0.25) is 5.82 Å². The van der Waals surface area contributed by atoms with Gasteiger partial charge in [0.15, 0.2) is 0 Å². The molecule has 0 radical (unpaired) electrons. The number of fused-ring (bicyclic) bond motifs is 1. The van der Waals surface area contributed by atoms with E-state index in [1.165, 1.54) is 17.0 Å². The van der Waals surface area contributed by atoms with Crippen molar-refractivity contribution in [1.29, 1.82) is 0 Å². The summed E-state index contributed by atoms with van der Waals surface area (Å²) in [6.07, 6.45) is 4.46. The summed E-state index contributed by atoms with van der Waals surface area (Å²) in [6, 6.07) is 13.5. The Labute approximate surface area is 162 Å². The average Bonchev–Trinajstić information content (AvgIpc) is 2.70. The van der Waals surface area contributed by atoms with E-state index in [1.54, 1.807) is 48.7 Å². The van der Waals surface area contributed by atoms with E-state index in [0.717, 1.165) is 9.96 Å². The maximum atomic E-state index is 12.5. The second-order valence-corrected chi connectivity index (χ2v) is 6.16. The molecule has 0 amide bonds. The van der Waals surface area contributed by atoms with Crippen molar-refractivity contribution in [2.24, 2.45) is 0 Å². The Bertz CT molecular complexity index is 1340.